The van der Waals surface area contributed by atoms with Crippen LogP contribution in [0.2, 0.25) is 0 Å². The van der Waals surface area contributed by atoms with Gasteiger partial charge >= 0.3 is 0 Å². The zero-order chi connectivity index (χ0) is 34.8. The van der Waals surface area contributed by atoms with Gasteiger partial charge in [-0.1, -0.05) is 129 Å². The molecule has 6 aromatic carbocycles. The predicted molar refractivity (Wildman–Crippen MR) is 210 cm³/mol. The third kappa shape index (κ3) is 4.93. The molecule has 0 fully saturated rings. The second-order valence-corrected chi connectivity index (χ2v) is 13.9. The molecule has 52 heavy (non-hydrogen) atoms. The number of oxazole rings is 1. The highest BCUT2D eigenvalue weighted by Gasteiger charge is 2.35. The molecule has 3 aromatic heterocycles. The maximum absolute atomic E-state index is 5.94. The molecule has 246 valence electrons. The van der Waals surface area contributed by atoms with Crippen LogP contribution in [0.25, 0.3) is 89.6 Å². The molecule has 0 aliphatic heterocycles. The Bertz CT molecular complexity index is 2780. The number of rotatable bonds is 5. The summed E-state index contributed by atoms with van der Waals surface area (Å²) < 4.78 is 5.94. The number of hydrogen-bond acceptors (Lipinski definition) is 5. The van der Waals surface area contributed by atoms with E-state index < -0.39 is 0 Å². The summed E-state index contributed by atoms with van der Waals surface area (Å²) in [6.45, 7) is 4.62. The SMILES string of the molecule is CC1(C)c2ccccc2-c2ccc(-c3cc(-c4ccc(-c5cccc6ccccc56)cc4)nc(-c4ccc(-c5nc6cccnc6o5)cc4)n3)cc21. The fraction of sp³-hybridized carbons (Fsp3) is 0.0638. The van der Waals surface area contributed by atoms with Crippen LogP contribution < -0.4 is 0 Å². The summed E-state index contributed by atoms with van der Waals surface area (Å²) in [6, 6.07) is 53.2. The van der Waals surface area contributed by atoms with E-state index in [1.807, 2.05) is 36.4 Å². The van der Waals surface area contributed by atoms with Crippen LogP contribution in [0, 0.1) is 0 Å². The van der Waals surface area contributed by atoms with Gasteiger partial charge in [0.1, 0.15) is 5.52 Å². The van der Waals surface area contributed by atoms with Crippen molar-refractivity contribution in [3.05, 3.63) is 169 Å². The summed E-state index contributed by atoms with van der Waals surface area (Å²) >= 11 is 0. The molecule has 0 atom stereocenters. The molecule has 0 N–H and O–H groups in total. The first-order chi connectivity index (χ1) is 25.5. The van der Waals surface area contributed by atoms with Gasteiger partial charge in [0.2, 0.25) is 11.6 Å². The lowest BCUT2D eigenvalue weighted by Crippen LogP contribution is -2.14. The molecule has 3 heterocycles. The normalized spacial score (nSPS) is 13.0. The van der Waals surface area contributed by atoms with Gasteiger partial charge in [0.25, 0.3) is 0 Å². The molecule has 0 spiro atoms. The highest BCUT2D eigenvalue weighted by Crippen LogP contribution is 2.49. The van der Waals surface area contributed by atoms with Crippen molar-refractivity contribution in [3.63, 3.8) is 0 Å². The minimum absolute atomic E-state index is 0.117. The molecule has 0 saturated heterocycles. The molecule has 5 heteroatoms. The lowest BCUT2D eigenvalue weighted by atomic mass is 9.82. The lowest BCUT2D eigenvalue weighted by molar-refractivity contribution is 0.608. The standard InChI is InChI=1S/C47H32N4O/c1-47(2)39-14-6-5-12-37(39)38-25-24-34(27-40(38)47)43-28-42(31-18-16-30(17-19-31)36-13-7-10-29-9-3-4-11-35(29)36)49-44(50-43)32-20-22-33(23-21-32)45-51-41-15-8-26-48-46(41)52-45/h3-28H,1-2H3. The second kappa shape index (κ2) is 11.7. The van der Waals surface area contributed by atoms with E-state index in [0.717, 1.165) is 39.2 Å². The molecule has 1 aliphatic carbocycles. The van der Waals surface area contributed by atoms with Crippen molar-refractivity contribution in [2.24, 2.45) is 0 Å². The Kier molecular flexibility index (Phi) is 6.77. The van der Waals surface area contributed by atoms with Crippen LogP contribution in [-0.2, 0) is 5.41 Å². The zero-order valence-electron chi connectivity index (χ0n) is 28.7. The Morgan fingerprint density at radius 3 is 1.98 bits per heavy atom. The van der Waals surface area contributed by atoms with Crippen molar-refractivity contribution >= 4 is 22.0 Å². The number of pyridine rings is 1. The molecule has 1 aliphatic rings. The quantitative estimate of drug-likeness (QED) is 0.183. The van der Waals surface area contributed by atoms with Crippen LogP contribution in [0.5, 0.6) is 0 Å². The first-order valence-electron chi connectivity index (χ1n) is 17.5. The number of aromatic nitrogens is 4. The van der Waals surface area contributed by atoms with Crippen molar-refractivity contribution in [2.45, 2.75) is 19.3 Å². The van der Waals surface area contributed by atoms with Gasteiger partial charge in [0.05, 0.1) is 11.4 Å². The van der Waals surface area contributed by atoms with Crippen molar-refractivity contribution < 1.29 is 4.42 Å². The molecule has 9 aromatic rings. The Labute approximate surface area is 301 Å². The van der Waals surface area contributed by atoms with Gasteiger partial charge in [-0.25, -0.2) is 19.9 Å². The van der Waals surface area contributed by atoms with Crippen LogP contribution in [0.1, 0.15) is 25.0 Å². The van der Waals surface area contributed by atoms with Gasteiger partial charge in [-0.15, -0.1) is 0 Å². The molecular weight excluding hydrogens is 637 g/mol. The predicted octanol–water partition coefficient (Wildman–Crippen LogP) is 11.8. The average molecular weight is 669 g/mol. The summed E-state index contributed by atoms with van der Waals surface area (Å²) in [5, 5.41) is 2.47. The third-order valence-corrected chi connectivity index (χ3v) is 10.4. The Morgan fingerprint density at radius 2 is 1.13 bits per heavy atom. The van der Waals surface area contributed by atoms with E-state index in [1.165, 1.54) is 44.2 Å². The third-order valence-electron chi connectivity index (χ3n) is 10.4. The van der Waals surface area contributed by atoms with Crippen molar-refractivity contribution in [1.82, 2.24) is 19.9 Å². The Hall–Kier alpha value is -6.72. The summed E-state index contributed by atoms with van der Waals surface area (Å²) in [4.78, 5) is 19.3. The fourth-order valence-electron chi connectivity index (χ4n) is 7.69. The van der Waals surface area contributed by atoms with Crippen LogP contribution in [-0.4, -0.2) is 19.9 Å². The van der Waals surface area contributed by atoms with E-state index in [2.05, 4.69) is 139 Å². The molecule has 10 rings (SSSR count). The first-order valence-corrected chi connectivity index (χ1v) is 17.5. The smallest absolute Gasteiger partial charge is 0.247 e. The van der Waals surface area contributed by atoms with Crippen LogP contribution >= 0.6 is 0 Å². The molecule has 0 amide bonds. The lowest BCUT2D eigenvalue weighted by Gasteiger charge is -2.22. The van der Waals surface area contributed by atoms with Gasteiger partial charge in [-0.3, -0.25) is 0 Å². The average Bonchev–Trinajstić information content (AvgIpc) is 3.74. The minimum Gasteiger partial charge on any atom is -0.418 e. The summed E-state index contributed by atoms with van der Waals surface area (Å²) in [6.07, 6.45) is 1.71. The molecule has 0 bridgehead atoms. The Balaban J connectivity index is 1.08. The Morgan fingerprint density at radius 1 is 0.481 bits per heavy atom. The van der Waals surface area contributed by atoms with E-state index in [0.29, 0.717) is 17.4 Å². The zero-order valence-corrected chi connectivity index (χ0v) is 28.7. The van der Waals surface area contributed by atoms with Gasteiger partial charge < -0.3 is 4.42 Å². The number of fused-ring (bicyclic) bond motifs is 5. The van der Waals surface area contributed by atoms with E-state index in [1.54, 1.807) is 6.20 Å². The van der Waals surface area contributed by atoms with Gasteiger partial charge in [0, 0.05) is 33.9 Å². The minimum atomic E-state index is -0.117. The monoisotopic (exact) mass is 668 g/mol. The molecular formula is C47H32N4O. The summed E-state index contributed by atoms with van der Waals surface area (Å²) in [5.74, 6) is 1.18. The van der Waals surface area contributed by atoms with Crippen molar-refractivity contribution in [3.8, 4) is 67.6 Å². The highest BCUT2D eigenvalue weighted by atomic mass is 16.4. The van der Waals surface area contributed by atoms with Crippen LogP contribution in [0.4, 0.5) is 0 Å². The fourth-order valence-corrected chi connectivity index (χ4v) is 7.69. The van der Waals surface area contributed by atoms with Gasteiger partial charge in [-0.05, 0) is 80.6 Å². The van der Waals surface area contributed by atoms with Crippen molar-refractivity contribution in [1.29, 1.82) is 0 Å². The van der Waals surface area contributed by atoms with E-state index in [-0.39, 0.29) is 5.41 Å². The van der Waals surface area contributed by atoms with Crippen LogP contribution in [0.15, 0.2) is 162 Å². The number of hydrogen-bond donors (Lipinski definition) is 0. The van der Waals surface area contributed by atoms with E-state index in [9.17, 15) is 0 Å². The largest absolute Gasteiger partial charge is 0.418 e. The molecule has 0 unspecified atom stereocenters. The van der Waals surface area contributed by atoms with Crippen molar-refractivity contribution in [2.75, 3.05) is 0 Å². The maximum atomic E-state index is 5.94. The first kappa shape index (κ1) is 30.1. The highest BCUT2D eigenvalue weighted by molar-refractivity contribution is 5.97. The summed E-state index contributed by atoms with van der Waals surface area (Å²) in [7, 11) is 0. The maximum Gasteiger partial charge on any atom is 0.247 e. The molecule has 5 nitrogen and oxygen atoms in total. The van der Waals surface area contributed by atoms with Gasteiger partial charge in [-0.2, -0.15) is 0 Å². The van der Waals surface area contributed by atoms with E-state index >= 15 is 0 Å². The summed E-state index contributed by atoms with van der Waals surface area (Å²) in [5.41, 5.74) is 14.4. The topological polar surface area (TPSA) is 64.7 Å². The van der Waals surface area contributed by atoms with E-state index in [4.69, 9.17) is 14.4 Å². The molecule has 0 saturated carbocycles. The second-order valence-electron chi connectivity index (χ2n) is 13.9. The number of nitrogens with zero attached hydrogens (tertiary/aromatic N) is 4. The van der Waals surface area contributed by atoms with Gasteiger partial charge in [0.15, 0.2) is 5.82 Å². The molecule has 0 radical (unpaired) electrons. The number of benzene rings is 6. The van der Waals surface area contributed by atoms with Crippen LogP contribution in [0.3, 0.4) is 0 Å².